The quantitative estimate of drug-likeness (QED) is 0.638. The van der Waals surface area contributed by atoms with E-state index in [0.717, 1.165) is 0 Å². The minimum Gasteiger partial charge on any atom is -0.351 e. The number of nitrogens with two attached hydrogens (primary N) is 1. The Morgan fingerprint density at radius 2 is 2.31 bits per heavy atom. The van der Waals surface area contributed by atoms with E-state index in [1.165, 1.54) is 6.33 Å². The number of carbonyl (C=O) groups excluding carboxylic acids is 1. The number of hydrogen-bond donors (Lipinski definition) is 2. The van der Waals surface area contributed by atoms with Gasteiger partial charge in [-0.3, -0.25) is 4.79 Å². The second-order valence-electron chi connectivity index (χ2n) is 3.40. The molecule has 7 nitrogen and oxygen atoms in total. The number of imidazole rings is 1. The number of nitrogens with zero attached hydrogens (tertiary/aromatic N) is 2. The zero-order valence-corrected chi connectivity index (χ0v) is 9.70. The molecule has 0 saturated carbocycles. The fourth-order valence-electron chi connectivity index (χ4n) is 1.10. The van der Waals surface area contributed by atoms with Crippen molar-refractivity contribution in [3.05, 3.63) is 18.2 Å². The molecule has 0 radical (unpaired) electrons. The number of aryl methyl sites for hydroxylation is 1. The molecule has 0 aliphatic carbocycles. The molecule has 0 atom stereocenters. The fraction of sp³-hybridized carbons (Fsp3) is 0.500. The predicted octanol–water partition coefficient (Wildman–Crippen LogP) is -1.17. The molecule has 0 bridgehead atoms. The van der Waals surface area contributed by atoms with Gasteiger partial charge in [0.05, 0.1) is 12.1 Å². The van der Waals surface area contributed by atoms with E-state index in [0.29, 0.717) is 5.69 Å². The Labute approximate surface area is 93.7 Å². The molecule has 1 aromatic rings. The molecular formula is C8H14N4O3S. The summed E-state index contributed by atoms with van der Waals surface area (Å²) in [6.45, 7) is 0.256. The molecule has 0 aromatic carbocycles. The van der Waals surface area contributed by atoms with Crippen LogP contribution in [-0.4, -0.2) is 36.2 Å². The Balaban J connectivity index is 2.31. The standard InChI is InChI=1S/C8H14N4O3S/c1-12-5-7(11-6-12)8(13)10-3-2-4-16(9,14)15/h5-6H,2-4H2,1H3,(H,10,13)(H2,9,14,15). The van der Waals surface area contributed by atoms with Gasteiger partial charge in [0.15, 0.2) is 0 Å². The number of nitrogens with one attached hydrogen (secondary N) is 1. The lowest BCUT2D eigenvalue weighted by Crippen LogP contribution is -2.27. The predicted molar refractivity (Wildman–Crippen MR) is 58.1 cm³/mol. The molecule has 3 N–H and O–H groups in total. The van der Waals surface area contributed by atoms with E-state index in [4.69, 9.17) is 5.14 Å². The normalized spacial score (nSPS) is 11.4. The van der Waals surface area contributed by atoms with Crippen LogP contribution in [0.2, 0.25) is 0 Å². The second-order valence-corrected chi connectivity index (χ2v) is 5.13. The molecule has 0 aliphatic rings. The van der Waals surface area contributed by atoms with Crippen LogP contribution < -0.4 is 10.5 Å². The van der Waals surface area contributed by atoms with Crippen molar-refractivity contribution in [2.24, 2.45) is 12.2 Å². The first kappa shape index (κ1) is 12.7. The van der Waals surface area contributed by atoms with Crippen LogP contribution in [0, 0.1) is 0 Å². The second kappa shape index (κ2) is 5.08. The van der Waals surface area contributed by atoms with E-state index in [1.54, 1.807) is 17.8 Å². The lowest BCUT2D eigenvalue weighted by Gasteiger charge is -2.01. The van der Waals surface area contributed by atoms with E-state index in [9.17, 15) is 13.2 Å². The number of rotatable bonds is 5. The number of amides is 1. The number of carbonyl (C=O) groups is 1. The van der Waals surface area contributed by atoms with Crippen molar-refractivity contribution in [3.8, 4) is 0 Å². The molecule has 0 saturated heterocycles. The van der Waals surface area contributed by atoms with Gasteiger partial charge in [-0.2, -0.15) is 0 Å². The van der Waals surface area contributed by atoms with Crippen LogP contribution >= 0.6 is 0 Å². The van der Waals surface area contributed by atoms with Crippen LogP contribution in [0.5, 0.6) is 0 Å². The fourth-order valence-corrected chi connectivity index (χ4v) is 1.64. The van der Waals surface area contributed by atoms with E-state index < -0.39 is 10.0 Å². The van der Waals surface area contributed by atoms with Gasteiger partial charge in [-0.25, -0.2) is 18.5 Å². The third kappa shape index (κ3) is 4.41. The summed E-state index contributed by atoms with van der Waals surface area (Å²) in [6, 6.07) is 0. The van der Waals surface area contributed by atoms with Crippen LogP contribution in [0.4, 0.5) is 0 Å². The Morgan fingerprint density at radius 1 is 1.62 bits per heavy atom. The molecule has 1 rings (SSSR count). The van der Waals surface area contributed by atoms with Gasteiger partial charge in [0.25, 0.3) is 5.91 Å². The van der Waals surface area contributed by atoms with E-state index >= 15 is 0 Å². The topological polar surface area (TPSA) is 107 Å². The maximum Gasteiger partial charge on any atom is 0.271 e. The Morgan fingerprint density at radius 3 is 2.81 bits per heavy atom. The molecule has 90 valence electrons. The van der Waals surface area contributed by atoms with Gasteiger partial charge in [0, 0.05) is 19.8 Å². The van der Waals surface area contributed by atoms with E-state index in [2.05, 4.69) is 10.3 Å². The molecule has 1 amide bonds. The molecule has 0 aliphatic heterocycles. The molecule has 1 aromatic heterocycles. The average Bonchev–Trinajstić information content (AvgIpc) is 2.57. The van der Waals surface area contributed by atoms with Crippen molar-refractivity contribution in [2.75, 3.05) is 12.3 Å². The minimum absolute atomic E-state index is 0.143. The molecule has 0 unspecified atom stereocenters. The Kier molecular flexibility index (Phi) is 4.02. The van der Waals surface area contributed by atoms with Gasteiger partial charge in [-0.15, -0.1) is 0 Å². The lowest BCUT2D eigenvalue weighted by molar-refractivity contribution is 0.0949. The number of sulfonamides is 1. The van der Waals surface area contributed by atoms with Crippen molar-refractivity contribution >= 4 is 15.9 Å². The van der Waals surface area contributed by atoms with Crippen molar-refractivity contribution in [2.45, 2.75) is 6.42 Å². The van der Waals surface area contributed by atoms with Crippen molar-refractivity contribution in [1.29, 1.82) is 0 Å². The Bertz CT molecular complexity index is 465. The number of hydrogen-bond acceptors (Lipinski definition) is 4. The van der Waals surface area contributed by atoms with Crippen LogP contribution in [0.3, 0.4) is 0 Å². The van der Waals surface area contributed by atoms with Crippen LogP contribution in [0.15, 0.2) is 12.5 Å². The van der Waals surface area contributed by atoms with Crippen molar-refractivity contribution in [1.82, 2.24) is 14.9 Å². The maximum absolute atomic E-state index is 11.4. The van der Waals surface area contributed by atoms with Gasteiger partial charge in [0.2, 0.25) is 10.0 Å². The highest BCUT2D eigenvalue weighted by molar-refractivity contribution is 7.89. The van der Waals surface area contributed by atoms with Gasteiger partial charge in [-0.05, 0) is 6.42 Å². The van der Waals surface area contributed by atoms with Crippen LogP contribution in [0.1, 0.15) is 16.9 Å². The van der Waals surface area contributed by atoms with E-state index in [-0.39, 0.29) is 24.6 Å². The first-order valence-corrected chi connectivity index (χ1v) is 6.36. The van der Waals surface area contributed by atoms with Crippen molar-refractivity contribution in [3.63, 3.8) is 0 Å². The lowest BCUT2D eigenvalue weighted by atomic mass is 10.4. The summed E-state index contributed by atoms with van der Waals surface area (Å²) >= 11 is 0. The monoisotopic (exact) mass is 246 g/mol. The largest absolute Gasteiger partial charge is 0.351 e. The molecule has 0 fully saturated rings. The highest BCUT2D eigenvalue weighted by Crippen LogP contribution is 1.93. The summed E-state index contributed by atoms with van der Waals surface area (Å²) in [4.78, 5) is 15.3. The summed E-state index contributed by atoms with van der Waals surface area (Å²) in [5.41, 5.74) is 0.304. The summed E-state index contributed by atoms with van der Waals surface area (Å²) < 4.78 is 22.8. The van der Waals surface area contributed by atoms with Gasteiger partial charge in [0.1, 0.15) is 5.69 Å². The third-order valence-corrected chi connectivity index (χ3v) is 2.69. The molecular weight excluding hydrogens is 232 g/mol. The highest BCUT2D eigenvalue weighted by Gasteiger charge is 2.08. The minimum atomic E-state index is -3.45. The molecule has 1 heterocycles. The van der Waals surface area contributed by atoms with Crippen LogP contribution in [-0.2, 0) is 17.1 Å². The van der Waals surface area contributed by atoms with Crippen LogP contribution in [0.25, 0.3) is 0 Å². The highest BCUT2D eigenvalue weighted by atomic mass is 32.2. The smallest absolute Gasteiger partial charge is 0.271 e. The SMILES string of the molecule is Cn1cnc(C(=O)NCCCS(N)(=O)=O)c1. The summed E-state index contributed by atoms with van der Waals surface area (Å²) in [7, 11) is -1.70. The summed E-state index contributed by atoms with van der Waals surface area (Å²) in [5, 5.41) is 7.36. The van der Waals surface area contributed by atoms with Gasteiger partial charge in [-0.1, -0.05) is 0 Å². The van der Waals surface area contributed by atoms with E-state index in [1.807, 2.05) is 0 Å². The zero-order chi connectivity index (χ0) is 12.2. The first-order valence-electron chi connectivity index (χ1n) is 4.65. The maximum atomic E-state index is 11.4. The first-order chi connectivity index (χ1) is 7.38. The molecule has 0 spiro atoms. The number of aromatic nitrogens is 2. The van der Waals surface area contributed by atoms with Crippen molar-refractivity contribution < 1.29 is 13.2 Å². The van der Waals surface area contributed by atoms with Gasteiger partial charge < -0.3 is 9.88 Å². The summed E-state index contributed by atoms with van der Waals surface area (Å²) in [6.07, 6.45) is 3.38. The molecule has 16 heavy (non-hydrogen) atoms. The molecule has 8 heteroatoms. The Hall–Kier alpha value is -1.41. The summed E-state index contributed by atoms with van der Waals surface area (Å²) in [5.74, 6) is -0.467. The zero-order valence-electron chi connectivity index (χ0n) is 8.88. The number of primary sulfonamides is 1. The average molecular weight is 246 g/mol. The third-order valence-electron chi connectivity index (χ3n) is 1.83. The van der Waals surface area contributed by atoms with Gasteiger partial charge >= 0.3 is 0 Å².